The van der Waals surface area contributed by atoms with Crippen molar-refractivity contribution in [2.24, 2.45) is 5.73 Å². The molecule has 0 aromatic carbocycles. The van der Waals surface area contributed by atoms with Crippen molar-refractivity contribution in [1.82, 2.24) is 0 Å². The van der Waals surface area contributed by atoms with Gasteiger partial charge in [-0.15, -0.1) is 0 Å². The quantitative estimate of drug-likeness (QED) is 0.506. The first-order chi connectivity index (χ1) is 5.07. The lowest BCUT2D eigenvalue weighted by atomic mass is 10.2. The van der Waals surface area contributed by atoms with Crippen LogP contribution >= 0.6 is 0 Å². The SMILES string of the molecule is CCOC(=O)C[C@H](O)C(N)=O. The van der Waals surface area contributed by atoms with Crippen LogP contribution in [0.3, 0.4) is 0 Å². The number of carbonyl (C=O) groups excluding carboxylic acids is 2. The molecule has 0 fully saturated rings. The lowest BCUT2D eigenvalue weighted by Gasteiger charge is -2.04. The van der Waals surface area contributed by atoms with Crippen molar-refractivity contribution in [3.63, 3.8) is 0 Å². The molecule has 1 atom stereocenters. The van der Waals surface area contributed by atoms with E-state index in [-0.39, 0.29) is 13.0 Å². The molecule has 64 valence electrons. The van der Waals surface area contributed by atoms with Gasteiger partial charge in [0.25, 0.3) is 0 Å². The molecule has 0 saturated carbocycles. The second-order valence-electron chi connectivity index (χ2n) is 1.93. The summed E-state index contributed by atoms with van der Waals surface area (Å²) in [7, 11) is 0. The largest absolute Gasteiger partial charge is 0.466 e. The van der Waals surface area contributed by atoms with Gasteiger partial charge in [0.15, 0.2) is 0 Å². The zero-order valence-electron chi connectivity index (χ0n) is 6.24. The van der Waals surface area contributed by atoms with Gasteiger partial charge >= 0.3 is 5.97 Å². The van der Waals surface area contributed by atoms with Crippen LogP contribution < -0.4 is 5.73 Å². The fourth-order valence-corrected chi connectivity index (χ4v) is 0.478. The van der Waals surface area contributed by atoms with Crippen LogP contribution in [-0.2, 0) is 14.3 Å². The number of primary amides is 1. The van der Waals surface area contributed by atoms with Gasteiger partial charge in [-0.1, -0.05) is 0 Å². The Hall–Kier alpha value is -1.10. The molecule has 0 radical (unpaired) electrons. The average molecular weight is 161 g/mol. The Morgan fingerprint density at radius 3 is 2.55 bits per heavy atom. The number of esters is 1. The van der Waals surface area contributed by atoms with Crippen LogP contribution in [0.25, 0.3) is 0 Å². The molecule has 0 unspecified atom stereocenters. The molecule has 5 heteroatoms. The highest BCUT2D eigenvalue weighted by Gasteiger charge is 2.15. The summed E-state index contributed by atoms with van der Waals surface area (Å²) in [4.78, 5) is 20.8. The topological polar surface area (TPSA) is 89.6 Å². The minimum absolute atomic E-state index is 0.227. The zero-order chi connectivity index (χ0) is 8.85. The van der Waals surface area contributed by atoms with Crippen LogP contribution in [0.2, 0.25) is 0 Å². The first-order valence-corrected chi connectivity index (χ1v) is 3.21. The summed E-state index contributed by atoms with van der Waals surface area (Å²) >= 11 is 0. The Morgan fingerprint density at radius 2 is 2.18 bits per heavy atom. The van der Waals surface area contributed by atoms with Crippen LogP contribution in [0.1, 0.15) is 13.3 Å². The number of nitrogens with two attached hydrogens (primary N) is 1. The van der Waals surface area contributed by atoms with Crippen molar-refractivity contribution in [1.29, 1.82) is 0 Å². The molecule has 3 N–H and O–H groups in total. The maximum atomic E-state index is 10.6. The predicted molar refractivity (Wildman–Crippen MR) is 36.5 cm³/mol. The molecular weight excluding hydrogens is 150 g/mol. The molecular formula is C6H11NO4. The number of hydrogen-bond donors (Lipinski definition) is 2. The van der Waals surface area contributed by atoms with E-state index in [2.05, 4.69) is 10.5 Å². The lowest BCUT2D eigenvalue weighted by Crippen LogP contribution is -2.30. The van der Waals surface area contributed by atoms with Crippen LogP contribution in [0, 0.1) is 0 Å². The number of amides is 1. The van der Waals surface area contributed by atoms with Crippen molar-refractivity contribution in [3.8, 4) is 0 Å². The average Bonchev–Trinajstić information content (AvgIpc) is 1.87. The molecule has 0 aromatic heterocycles. The van der Waals surface area contributed by atoms with E-state index in [4.69, 9.17) is 5.11 Å². The standard InChI is InChI=1S/C6H11NO4/c1-2-11-5(9)3-4(8)6(7)10/h4,8H,2-3H2,1H3,(H2,7,10)/t4-/m0/s1. The van der Waals surface area contributed by atoms with Crippen molar-refractivity contribution in [2.75, 3.05) is 6.61 Å². The summed E-state index contributed by atoms with van der Waals surface area (Å²) in [5, 5.41) is 8.75. The summed E-state index contributed by atoms with van der Waals surface area (Å²) in [6, 6.07) is 0. The van der Waals surface area contributed by atoms with E-state index in [9.17, 15) is 9.59 Å². The highest BCUT2D eigenvalue weighted by atomic mass is 16.5. The zero-order valence-corrected chi connectivity index (χ0v) is 6.24. The van der Waals surface area contributed by atoms with Crippen molar-refractivity contribution in [2.45, 2.75) is 19.4 Å². The third kappa shape index (κ3) is 4.32. The highest BCUT2D eigenvalue weighted by Crippen LogP contribution is 1.92. The number of carbonyl (C=O) groups is 2. The second kappa shape index (κ2) is 4.68. The van der Waals surface area contributed by atoms with Crippen LogP contribution in [0.15, 0.2) is 0 Å². The molecule has 1 amide bonds. The number of aliphatic hydroxyl groups excluding tert-OH is 1. The Bertz CT molecular complexity index is 157. The van der Waals surface area contributed by atoms with Gasteiger partial charge in [0, 0.05) is 0 Å². The summed E-state index contributed by atoms with van der Waals surface area (Å²) in [6.07, 6.45) is -1.81. The van der Waals surface area contributed by atoms with E-state index < -0.39 is 18.0 Å². The van der Waals surface area contributed by atoms with Crippen molar-refractivity contribution >= 4 is 11.9 Å². The molecule has 0 saturated heterocycles. The number of aliphatic hydroxyl groups is 1. The van der Waals surface area contributed by atoms with Gasteiger partial charge < -0.3 is 15.6 Å². The summed E-state index contributed by atoms with van der Waals surface area (Å²) in [5.74, 6) is -1.54. The van der Waals surface area contributed by atoms with E-state index in [0.717, 1.165) is 0 Å². The van der Waals surface area contributed by atoms with Crippen molar-refractivity contribution in [3.05, 3.63) is 0 Å². The van der Waals surface area contributed by atoms with Crippen LogP contribution in [0.4, 0.5) is 0 Å². The Labute approximate surface area is 64.1 Å². The predicted octanol–water partition coefficient (Wildman–Crippen LogP) is -1.21. The minimum Gasteiger partial charge on any atom is -0.466 e. The Kier molecular flexibility index (Phi) is 4.21. The lowest BCUT2D eigenvalue weighted by molar-refractivity contribution is -0.148. The van der Waals surface area contributed by atoms with E-state index in [1.807, 2.05) is 0 Å². The number of ether oxygens (including phenoxy) is 1. The molecule has 5 nitrogen and oxygen atoms in total. The Balaban J connectivity index is 3.66. The van der Waals surface area contributed by atoms with Gasteiger partial charge in [-0.2, -0.15) is 0 Å². The van der Waals surface area contributed by atoms with Gasteiger partial charge in [-0.05, 0) is 6.92 Å². The second-order valence-corrected chi connectivity index (χ2v) is 1.93. The van der Waals surface area contributed by atoms with Gasteiger partial charge in [0.2, 0.25) is 5.91 Å². The van der Waals surface area contributed by atoms with E-state index in [0.29, 0.717) is 0 Å². The number of hydrogen-bond acceptors (Lipinski definition) is 4. The minimum atomic E-state index is -1.44. The molecule has 0 rings (SSSR count). The number of rotatable bonds is 4. The first kappa shape index (κ1) is 9.90. The van der Waals surface area contributed by atoms with Gasteiger partial charge in [-0.25, -0.2) is 0 Å². The molecule has 0 heterocycles. The molecule has 0 spiro atoms. The molecule has 0 aliphatic heterocycles. The molecule has 0 bridgehead atoms. The first-order valence-electron chi connectivity index (χ1n) is 3.21. The summed E-state index contributed by atoms with van der Waals surface area (Å²) in [5.41, 5.74) is 4.68. The normalized spacial score (nSPS) is 12.2. The van der Waals surface area contributed by atoms with Crippen LogP contribution in [0.5, 0.6) is 0 Å². The van der Waals surface area contributed by atoms with Crippen LogP contribution in [-0.4, -0.2) is 29.7 Å². The van der Waals surface area contributed by atoms with E-state index in [1.165, 1.54) is 0 Å². The molecule has 11 heavy (non-hydrogen) atoms. The smallest absolute Gasteiger partial charge is 0.308 e. The summed E-state index contributed by atoms with van der Waals surface area (Å²) < 4.78 is 4.46. The molecule has 0 aromatic rings. The molecule has 0 aliphatic rings. The summed E-state index contributed by atoms with van der Waals surface area (Å²) in [6.45, 7) is 1.86. The fourth-order valence-electron chi connectivity index (χ4n) is 0.478. The Morgan fingerprint density at radius 1 is 1.64 bits per heavy atom. The van der Waals surface area contributed by atoms with Gasteiger partial charge in [-0.3, -0.25) is 9.59 Å². The third-order valence-electron chi connectivity index (χ3n) is 0.994. The fraction of sp³-hybridized carbons (Fsp3) is 0.667. The van der Waals surface area contributed by atoms with E-state index >= 15 is 0 Å². The van der Waals surface area contributed by atoms with Gasteiger partial charge in [0.1, 0.15) is 6.10 Å². The highest BCUT2D eigenvalue weighted by molar-refractivity contribution is 5.84. The molecule has 0 aliphatic carbocycles. The maximum absolute atomic E-state index is 10.6. The van der Waals surface area contributed by atoms with E-state index in [1.54, 1.807) is 6.92 Å². The van der Waals surface area contributed by atoms with Gasteiger partial charge in [0.05, 0.1) is 13.0 Å². The van der Waals surface area contributed by atoms with Crippen molar-refractivity contribution < 1.29 is 19.4 Å². The maximum Gasteiger partial charge on any atom is 0.308 e. The third-order valence-corrected chi connectivity index (χ3v) is 0.994. The monoisotopic (exact) mass is 161 g/mol.